The molecular formula is C28H37NO3. The Hall–Kier alpha value is -2.04. The molecule has 1 saturated heterocycles. The maximum absolute atomic E-state index is 6.44. The maximum atomic E-state index is 6.44. The van der Waals surface area contributed by atoms with Crippen molar-refractivity contribution in [3.05, 3.63) is 58.7 Å². The van der Waals surface area contributed by atoms with Crippen LogP contribution in [0.15, 0.2) is 36.4 Å². The molecule has 2 atom stereocenters. The minimum atomic E-state index is 0.147. The van der Waals surface area contributed by atoms with Gasteiger partial charge >= 0.3 is 0 Å². The molecule has 2 aliphatic heterocycles. The van der Waals surface area contributed by atoms with Crippen molar-refractivity contribution >= 4 is 0 Å². The third-order valence-corrected chi connectivity index (χ3v) is 7.54. The summed E-state index contributed by atoms with van der Waals surface area (Å²) in [5, 5.41) is 3.76. The molecule has 2 aromatic carbocycles. The second kappa shape index (κ2) is 9.84. The Labute approximate surface area is 192 Å². The molecule has 3 aliphatic rings. The summed E-state index contributed by atoms with van der Waals surface area (Å²) in [6, 6.07) is 13.5. The van der Waals surface area contributed by atoms with E-state index in [1.54, 1.807) is 0 Å². The first kappa shape index (κ1) is 21.8. The van der Waals surface area contributed by atoms with Crippen LogP contribution in [0.25, 0.3) is 0 Å². The minimum absolute atomic E-state index is 0.147. The van der Waals surface area contributed by atoms with Crippen molar-refractivity contribution in [3.63, 3.8) is 0 Å². The Morgan fingerprint density at radius 1 is 0.969 bits per heavy atom. The molecule has 32 heavy (non-hydrogen) atoms. The van der Waals surface area contributed by atoms with E-state index in [1.807, 2.05) is 0 Å². The Morgan fingerprint density at radius 2 is 1.78 bits per heavy atom. The molecule has 4 heteroatoms. The van der Waals surface area contributed by atoms with Gasteiger partial charge in [-0.2, -0.15) is 0 Å². The number of nitrogens with one attached hydrogen (secondary N) is 1. The molecule has 0 bridgehead atoms. The fourth-order valence-corrected chi connectivity index (χ4v) is 5.63. The zero-order valence-electron chi connectivity index (χ0n) is 19.6. The van der Waals surface area contributed by atoms with E-state index < -0.39 is 0 Å². The van der Waals surface area contributed by atoms with Crippen LogP contribution in [0.2, 0.25) is 0 Å². The van der Waals surface area contributed by atoms with Crippen molar-refractivity contribution in [2.75, 3.05) is 19.8 Å². The molecule has 0 amide bonds. The third-order valence-electron chi connectivity index (χ3n) is 7.54. The molecule has 4 nitrogen and oxygen atoms in total. The van der Waals surface area contributed by atoms with Gasteiger partial charge in [-0.1, -0.05) is 18.2 Å². The first-order chi connectivity index (χ1) is 15.7. The van der Waals surface area contributed by atoms with E-state index in [9.17, 15) is 0 Å². The third kappa shape index (κ3) is 4.97. The van der Waals surface area contributed by atoms with Crippen LogP contribution in [-0.2, 0) is 11.2 Å². The molecule has 0 spiro atoms. The average Bonchev–Trinajstić information content (AvgIpc) is 3.32. The summed E-state index contributed by atoms with van der Waals surface area (Å²) < 4.78 is 18.3. The van der Waals surface area contributed by atoms with Gasteiger partial charge < -0.3 is 19.5 Å². The predicted molar refractivity (Wildman–Crippen MR) is 128 cm³/mol. The van der Waals surface area contributed by atoms with E-state index in [1.165, 1.54) is 41.5 Å². The first-order valence-electron chi connectivity index (χ1n) is 12.5. The summed E-state index contributed by atoms with van der Waals surface area (Å²) in [5.41, 5.74) is 5.27. The Bertz CT molecular complexity index is 893. The summed E-state index contributed by atoms with van der Waals surface area (Å²) in [6.07, 6.45) is 8.38. The summed E-state index contributed by atoms with van der Waals surface area (Å²) in [4.78, 5) is 0. The molecule has 5 rings (SSSR count). The topological polar surface area (TPSA) is 39.7 Å². The fraction of sp³-hybridized carbons (Fsp3) is 0.571. The van der Waals surface area contributed by atoms with E-state index in [2.05, 4.69) is 55.6 Å². The van der Waals surface area contributed by atoms with Crippen molar-refractivity contribution in [3.8, 4) is 11.5 Å². The minimum Gasteiger partial charge on any atom is -0.490 e. The second-order valence-electron chi connectivity index (χ2n) is 9.95. The number of hydrogen-bond acceptors (Lipinski definition) is 4. The smallest absolute Gasteiger partial charge is 0.125 e. The van der Waals surface area contributed by atoms with E-state index in [0.717, 1.165) is 56.9 Å². The quantitative estimate of drug-likeness (QED) is 0.633. The van der Waals surface area contributed by atoms with Crippen LogP contribution in [0, 0.1) is 19.8 Å². The van der Waals surface area contributed by atoms with Crippen LogP contribution < -0.4 is 14.8 Å². The lowest BCUT2D eigenvalue weighted by molar-refractivity contribution is 0.136. The van der Waals surface area contributed by atoms with Crippen molar-refractivity contribution in [2.24, 2.45) is 5.92 Å². The summed E-state index contributed by atoms with van der Waals surface area (Å²) >= 11 is 0. The number of fused-ring (bicyclic) bond motifs is 1. The molecule has 2 aromatic rings. The van der Waals surface area contributed by atoms with Crippen molar-refractivity contribution in [1.82, 2.24) is 5.32 Å². The van der Waals surface area contributed by atoms with E-state index in [0.29, 0.717) is 18.1 Å². The number of hydrogen-bond donors (Lipinski definition) is 1. The summed E-state index contributed by atoms with van der Waals surface area (Å²) in [6.45, 7) is 7.34. The van der Waals surface area contributed by atoms with Crippen molar-refractivity contribution in [1.29, 1.82) is 0 Å². The van der Waals surface area contributed by atoms with Crippen LogP contribution in [0.4, 0.5) is 0 Å². The largest absolute Gasteiger partial charge is 0.490 e. The highest BCUT2D eigenvalue weighted by Gasteiger charge is 2.26. The lowest BCUT2D eigenvalue weighted by Crippen LogP contribution is -2.38. The number of rotatable bonds is 6. The van der Waals surface area contributed by atoms with Gasteiger partial charge in [-0.15, -0.1) is 0 Å². The predicted octanol–water partition coefficient (Wildman–Crippen LogP) is 5.69. The zero-order valence-corrected chi connectivity index (χ0v) is 19.6. The molecule has 1 N–H and O–H groups in total. The molecule has 1 saturated carbocycles. The lowest BCUT2D eigenvalue weighted by Gasteiger charge is -2.31. The highest BCUT2D eigenvalue weighted by atomic mass is 16.5. The number of benzene rings is 2. The van der Waals surface area contributed by atoms with E-state index in [4.69, 9.17) is 14.2 Å². The molecule has 1 aliphatic carbocycles. The second-order valence-corrected chi connectivity index (χ2v) is 9.95. The van der Waals surface area contributed by atoms with Crippen molar-refractivity contribution < 1.29 is 14.2 Å². The number of ether oxygens (including phenoxy) is 3. The van der Waals surface area contributed by atoms with Gasteiger partial charge in [0.25, 0.3) is 0 Å². The molecule has 0 aromatic heterocycles. The lowest BCUT2D eigenvalue weighted by atomic mass is 9.91. The van der Waals surface area contributed by atoms with Gasteiger partial charge in [-0.05, 0) is 105 Å². The zero-order chi connectivity index (χ0) is 21.9. The Morgan fingerprint density at radius 3 is 2.53 bits per heavy atom. The van der Waals surface area contributed by atoms with Gasteiger partial charge in [-0.3, -0.25) is 0 Å². The SMILES string of the molecule is Cc1cccc(C)c1C1CCc2cc(O[C@H]3CC[C@H](NCC4CCOC4)CC3)ccc2O1. The molecular weight excluding hydrogens is 398 g/mol. The standard InChI is InChI=1S/C28H37NO3/c1-19-4-3-5-20(2)28(19)27-12-6-22-16-25(11-13-26(22)32-27)31-24-9-7-23(8-10-24)29-17-21-14-15-30-18-21/h3-5,11,13,16,21,23-24,27,29H,6-10,12,14-15,17-18H2,1-2H3/t21?,23-,24-,27?. The fourth-order valence-electron chi connectivity index (χ4n) is 5.63. The average molecular weight is 436 g/mol. The molecule has 2 fully saturated rings. The van der Waals surface area contributed by atoms with E-state index in [-0.39, 0.29) is 6.10 Å². The van der Waals surface area contributed by atoms with Gasteiger partial charge in [0.05, 0.1) is 12.7 Å². The Balaban J connectivity index is 1.14. The normalized spacial score (nSPS) is 27.6. The maximum Gasteiger partial charge on any atom is 0.125 e. The van der Waals surface area contributed by atoms with Crippen LogP contribution in [-0.4, -0.2) is 31.9 Å². The van der Waals surface area contributed by atoms with Gasteiger partial charge in [0.1, 0.15) is 17.6 Å². The van der Waals surface area contributed by atoms with Crippen LogP contribution in [0.5, 0.6) is 11.5 Å². The molecule has 2 heterocycles. The van der Waals surface area contributed by atoms with Crippen LogP contribution in [0.1, 0.15) is 66.9 Å². The molecule has 0 radical (unpaired) electrons. The van der Waals surface area contributed by atoms with Gasteiger partial charge in [0.15, 0.2) is 0 Å². The first-order valence-corrected chi connectivity index (χ1v) is 12.5. The summed E-state index contributed by atoms with van der Waals surface area (Å²) in [5.74, 6) is 2.72. The van der Waals surface area contributed by atoms with Crippen molar-refractivity contribution in [2.45, 2.75) is 77.0 Å². The van der Waals surface area contributed by atoms with E-state index >= 15 is 0 Å². The van der Waals surface area contributed by atoms with Gasteiger partial charge in [0, 0.05) is 19.2 Å². The molecule has 172 valence electrons. The van der Waals surface area contributed by atoms with Crippen LogP contribution in [0.3, 0.4) is 0 Å². The Kier molecular flexibility index (Phi) is 6.70. The summed E-state index contributed by atoms with van der Waals surface area (Å²) in [7, 11) is 0. The van der Waals surface area contributed by atoms with Gasteiger partial charge in [-0.25, -0.2) is 0 Å². The highest BCUT2D eigenvalue weighted by Crippen LogP contribution is 2.39. The van der Waals surface area contributed by atoms with Gasteiger partial charge in [0.2, 0.25) is 0 Å². The monoisotopic (exact) mass is 435 g/mol. The highest BCUT2D eigenvalue weighted by molar-refractivity contribution is 5.44. The molecule has 2 unspecified atom stereocenters. The van der Waals surface area contributed by atoms with Crippen LogP contribution >= 0.6 is 0 Å². The number of aryl methyl sites for hydroxylation is 3.